The lowest BCUT2D eigenvalue weighted by Gasteiger charge is -2.13. The van der Waals surface area contributed by atoms with Crippen LogP contribution in [0.2, 0.25) is 0 Å². The molecule has 10 heteroatoms. The summed E-state index contributed by atoms with van der Waals surface area (Å²) in [5.41, 5.74) is 0. The number of thiocarbonyl (C=S) groups is 1. The van der Waals surface area contributed by atoms with Crippen LogP contribution in [0.5, 0.6) is 0 Å². The summed E-state index contributed by atoms with van der Waals surface area (Å²) >= 11 is 5.12. The smallest absolute Gasteiger partial charge is 0.305 e. The van der Waals surface area contributed by atoms with E-state index in [-0.39, 0.29) is 13.0 Å². The van der Waals surface area contributed by atoms with Crippen LogP contribution in [0, 0.1) is 0 Å². The molecule has 0 aromatic heterocycles. The number of hydrogen-bond donors (Lipinski definition) is 3. The summed E-state index contributed by atoms with van der Waals surface area (Å²) in [7, 11) is 0. The van der Waals surface area contributed by atoms with Gasteiger partial charge in [-0.15, -0.1) is 0 Å². The van der Waals surface area contributed by atoms with Crippen LogP contribution >= 0.6 is 12.2 Å². The van der Waals surface area contributed by atoms with Gasteiger partial charge in [0.1, 0.15) is 5.78 Å². The second-order valence-corrected chi connectivity index (χ2v) is 8.26. The van der Waals surface area contributed by atoms with Gasteiger partial charge >= 0.3 is 5.97 Å². The number of aliphatic carboxylic acids is 1. The van der Waals surface area contributed by atoms with Gasteiger partial charge in [0.2, 0.25) is 0 Å². The van der Waals surface area contributed by atoms with E-state index in [1.54, 1.807) is 0 Å². The summed E-state index contributed by atoms with van der Waals surface area (Å²) in [4.78, 5) is 22.2. The molecule has 1 aliphatic heterocycles. The van der Waals surface area contributed by atoms with Crippen LogP contribution in [0.1, 0.15) is 58.3 Å². The molecule has 0 aromatic carbocycles. The van der Waals surface area contributed by atoms with Crippen molar-refractivity contribution in [2.45, 2.75) is 70.4 Å². The minimum Gasteiger partial charge on any atom is -0.481 e. The van der Waals surface area contributed by atoms with Crippen molar-refractivity contribution >= 4 is 29.1 Å². The highest BCUT2D eigenvalue weighted by atomic mass is 32.1. The van der Waals surface area contributed by atoms with Gasteiger partial charge in [-0.05, 0) is 38.4 Å². The molecule has 1 fully saturated rings. The van der Waals surface area contributed by atoms with Gasteiger partial charge in [0.05, 0.1) is 52.7 Å². The number of ether oxygens (including phenoxy) is 4. The number of hydrogen-bond acceptors (Lipinski definition) is 7. The Labute approximate surface area is 196 Å². The Hall–Kier alpha value is -1.33. The van der Waals surface area contributed by atoms with E-state index in [9.17, 15) is 9.59 Å². The summed E-state index contributed by atoms with van der Waals surface area (Å²) in [6.07, 6.45) is 6.17. The third-order valence-electron chi connectivity index (χ3n) is 5.07. The van der Waals surface area contributed by atoms with E-state index in [1.165, 1.54) is 0 Å². The van der Waals surface area contributed by atoms with E-state index in [1.807, 2.05) is 0 Å². The van der Waals surface area contributed by atoms with E-state index in [2.05, 4.69) is 17.6 Å². The number of unbranched alkanes of at least 4 members (excludes halogenated alkanes) is 2. The molecule has 1 saturated heterocycles. The van der Waals surface area contributed by atoms with Crippen LogP contribution in [-0.2, 0) is 28.5 Å². The van der Waals surface area contributed by atoms with Gasteiger partial charge < -0.3 is 34.7 Å². The molecule has 0 spiro atoms. The average molecular weight is 477 g/mol. The number of rotatable bonds is 22. The summed E-state index contributed by atoms with van der Waals surface area (Å²) in [6, 6.07) is 0.786. The number of Topliss-reactive ketones (excluding diaryl/α,β-unsaturated/α-hetero) is 1. The van der Waals surface area contributed by atoms with Gasteiger partial charge in [-0.1, -0.05) is 12.8 Å². The van der Waals surface area contributed by atoms with Crippen LogP contribution in [-0.4, -0.2) is 86.9 Å². The van der Waals surface area contributed by atoms with Gasteiger partial charge in [-0.3, -0.25) is 9.59 Å². The second-order valence-electron chi connectivity index (χ2n) is 7.85. The summed E-state index contributed by atoms with van der Waals surface area (Å²) in [5.74, 6) is -0.560. The summed E-state index contributed by atoms with van der Waals surface area (Å²) < 4.78 is 21.3. The number of carbonyl (C=O) groups is 2. The normalized spacial score (nSPS) is 17.8. The number of nitrogens with one attached hydrogen (secondary N) is 2. The Balaban J connectivity index is 1.75. The Morgan fingerprint density at radius 3 is 1.91 bits per heavy atom. The average Bonchev–Trinajstić information content (AvgIpc) is 3.07. The topological polar surface area (TPSA) is 115 Å². The minimum absolute atomic E-state index is 0.00359. The van der Waals surface area contributed by atoms with Gasteiger partial charge in [0, 0.05) is 31.5 Å². The molecule has 0 amide bonds. The SMILES string of the molecule is C[C@@H]1NC(=S)N[C@@H]1CCCCCC(=O)CCCOCCOCCOCCOCCC(=O)O. The lowest BCUT2D eigenvalue weighted by molar-refractivity contribution is -0.138. The monoisotopic (exact) mass is 476 g/mol. The van der Waals surface area contributed by atoms with E-state index >= 15 is 0 Å². The van der Waals surface area contributed by atoms with E-state index in [0.29, 0.717) is 77.0 Å². The molecule has 32 heavy (non-hydrogen) atoms. The second kappa shape index (κ2) is 19.2. The van der Waals surface area contributed by atoms with Crippen molar-refractivity contribution in [2.75, 3.05) is 52.9 Å². The maximum Gasteiger partial charge on any atom is 0.305 e. The standard InChI is InChI=1S/C22H40N2O7S/c1-18-20(24-22(32)23-18)8-4-2-3-6-19(25)7-5-10-28-12-14-30-16-17-31-15-13-29-11-9-21(26)27/h18,20H,2-17H2,1H3,(H,26,27)(H2,23,24,32)/t18-,20+/m0/s1. The van der Waals surface area contributed by atoms with Crippen LogP contribution < -0.4 is 10.6 Å². The van der Waals surface area contributed by atoms with Crippen molar-refractivity contribution in [1.82, 2.24) is 10.6 Å². The first-order valence-corrected chi connectivity index (χ1v) is 12.0. The number of carboxylic acids is 1. The van der Waals surface area contributed by atoms with Crippen molar-refractivity contribution < 1.29 is 33.6 Å². The molecule has 0 aliphatic carbocycles. The van der Waals surface area contributed by atoms with Crippen molar-refractivity contribution in [1.29, 1.82) is 0 Å². The third kappa shape index (κ3) is 16.3. The fourth-order valence-electron chi connectivity index (χ4n) is 3.25. The van der Waals surface area contributed by atoms with Gasteiger partial charge in [-0.25, -0.2) is 0 Å². The van der Waals surface area contributed by atoms with Gasteiger partial charge in [-0.2, -0.15) is 0 Å². The molecule has 0 aromatic rings. The molecular formula is C22H40N2O7S. The highest BCUT2D eigenvalue weighted by Gasteiger charge is 2.24. The minimum atomic E-state index is -0.870. The molecule has 0 saturated carbocycles. The first kappa shape index (κ1) is 28.7. The van der Waals surface area contributed by atoms with Crippen LogP contribution in [0.25, 0.3) is 0 Å². The number of carboxylic acid groups (broad SMARTS) is 1. The lowest BCUT2D eigenvalue weighted by atomic mass is 10.0. The molecule has 3 N–H and O–H groups in total. The van der Waals surface area contributed by atoms with Crippen LogP contribution in [0.3, 0.4) is 0 Å². The third-order valence-corrected chi connectivity index (χ3v) is 5.31. The maximum absolute atomic E-state index is 11.9. The first-order valence-electron chi connectivity index (χ1n) is 11.6. The molecule has 9 nitrogen and oxygen atoms in total. The van der Waals surface area contributed by atoms with E-state index in [0.717, 1.165) is 37.2 Å². The van der Waals surface area contributed by atoms with Gasteiger partial charge in [0.15, 0.2) is 5.11 Å². The fourth-order valence-corrected chi connectivity index (χ4v) is 3.58. The zero-order valence-corrected chi connectivity index (χ0v) is 20.1. The Kier molecular flexibility index (Phi) is 17.2. The zero-order chi connectivity index (χ0) is 23.4. The molecule has 2 atom stereocenters. The fraction of sp³-hybridized carbons (Fsp3) is 0.864. The Morgan fingerprint density at radius 1 is 0.781 bits per heavy atom. The summed E-state index contributed by atoms with van der Waals surface area (Å²) in [5, 5.41) is 15.7. The van der Waals surface area contributed by atoms with Crippen LogP contribution in [0.4, 0.5) is 0 Å². The quantitative estimate of drug-likeness (QED) is 0.158. The predicted molar refractivity (Wildman–Crippen MR) is 125 cm³/mol. The Bertz CT molecular complexity index is 536. The molecular weight excluding hydrogens is 436 g/mol. The van der Waals surface area contributed by atoms with Crippen molar-refractivity contribution in [2.24, 2.45) is 0 Å². The Morgan fingerprint density at radius 2 is 1.34 bits per heavy atom. The largest absolute Gasteiger partial charge is 0.481 e. The molecule has 186 valence electrons. The van der Waals surface area contributed by atoms with Gasteiger partial charge in [0.25, 0.3) is 0 Å². The highest BCUT2D eigenvalue weighted by molar-refractivity contribution is 7.80. The van der Waals surface area contributed by atoms with E-state index in [4.69, 9.17) is 36.3 Å². The van der Waals surface area contributed by atoms with Crippen LogP contribution in [0.15, 0.2) is 0 Å². The van der Waals surface area contributed by atoms with Crippen molar-refractivity contribution in [3.05, 3.63) is 0 Å². The molecule has 0 radical (unpaired) electrons. The van der Waals surface area contributed by atoms with Crippen molar-refractivity contribution in [3.63, 3.8) is 0 Å². The maximum atomic E-state index is 11.9. The molecule has 1 heterocycles. The zero-order valence-electron chi connectivity index (χ0n) is 19.3. The highest BCUT2D eigenvalue weighted by Crippen LogP contribution is 2.12. The molecule has 0 bridgehead atoms. The number of ketones is 1. The molecule has 1 aliphatic rings. The molecule has 0 unspecified atom stereocenters. The summed E-state index contributed by atoms with van der Waals surface area (Å²) in [6.45, 7) is 5.60. The predicted octanol–water partition coefficient (Wildman–Crippen LogP) is 2.06. The van der Waals surface area contributed by atoms with E-state index < -0.39 is 5.97 Å². The number of carbonyl (C=O) groups excluding carboxylic acids is 1. The first-order chi connectivity index (χ1) is 15.5. The lowest BCUT2D eigenvalue weighted by Crippen LogP contribution is -2.30. The molecule has 1 rings (SSSR count). The van der Waals surface area contributed by atoms with Crippen molar-refractivity contribution in [3.8, 4) is 0 Å².